The zero-order valence-electron chi connectivity index (χ0n) is 37.9. The van der Waals surface area contributed by atoms with Gasteiger partial charge in [0.2, 0.25) is 0 Å². The summed E-state index contributed by atoms with van der Waals surface area (Å²) in [5.74, 6) is -1.93. The molecular formula is C47H87NO10. The van der Waals surface area contributed by atoms with Crippen LogP contribution >= 0.6 is 0 Å². The van der Waals surface area contributed by atoms with E-state index in [1.807, 2.05) is 19.0 Å². The third-order valence-corrected chi connectivity index (χ3v) is 10.2. The Kier molecular flexibility index (Phi) is 39.2. The molecule has 0 saturated heterocycles. The van der Waals surface area contributed by atoms with E-state index in [1.165, 1.54) is 89.9 Å². The van der Waals surface area contributed by atoms with Crippen molar-refractivity contribution >= 4 is 29.8 Å². The van der Waals surface area contributed by atoms with Gasteiger partial charge in [-0.3, -0.25) is 24.0 Å². The standard InChI is InChI=1S/C47H87NO10/c1-6-9-12-15-18-21-27-38-54-43(49)34-28-35-45(51)56-40-42(58-47(53)36-29-37-48(4)5)39-55-44(50)32-25-22-26-33-46(52)57-41(30-23-19-16-13-10-7-2)31-24-20-17-14-11-8-3/h41-42H,6-40H2,1-5H3. The van der Waals surface area contributed by atoms with Crippen molar-refractivity contribution in [3.63, 3.8) is 0 Å². The minimum Gasteiger partial charge on any atom is -0.466 e. The lowest BCUT2D eigenvalue weighted by Gasteiger charge is -2.19. The molecule has 0 radical (unpaired) electrons. The van der Waals surface area contributed by atoms with Gasteiger partial charge in [-0.2, -0.15) is 0 Å². The van der Waals surface area contributed by atoms with Gasteiger partial charge in [-0.15, -0.1) is 0 Å². The smallest absolute Gasteiger partial charge is 0.306 e. The van der Waals surface area contributed by atoms with Gasteiger partial charge in [-0.05, 0) is 78.4 Å². The summed E-state index contributed by atoms with van der Waals surface area (Å²) in [7, 11) is 3.83. The van der Waals surface area contributed by atoms with E-state index in [0.29, 0.717) is 45.3 Å². The quantitative estimate of drug-likeness (QED) is 0.0331. The van der Waals surface area contributed by atoms with E-state index in [1.54, 1.807) is 0 Å². The molecule has 58 heavy (non-hydrogen) atoms. The second-order valence-electron chi connectivity index (χ2n) is 16.4. The fraction of sp³-hybridized carbons (Fsp3) is 0.894. The first-order valence-electron chi connectivity index (χ1n) is 23.6. The molecule has 0 heterocycles. The Bertz CT molecular complexity index is 1000. The zero-order chi connectivity index (χ0) is 42.9. The molecule has 0 aromatic heterocycles. The molecule has 11 nitrogen and oxygen atoms in total. The summed E-state index contributed by atoms with van der Waals surface area (Å²) in [5, 5.41) is 0. The molecule has 340 valence electrons. The fourth-order valence-corrected chi connectivity index (χ4v) is 6.64. The van der Waals surface area contributed by atoms with E-state index < -0.39 is 24.0 Å². The Morgan fingerprint density at radius 3 is 1.22 bits per heavy atom. The van der Waals surface area contributed by atoms with Gasteiger partial charge in [0.05, 0.1) is 6.61 Å². The number of carbonyl (C=O) groups is 5. The SMILES string of the molecule is CCCCCCCCCOC(=O)CCCC(=O)OCC(COC(=O)CCCCCC(=O)OC(CCCCCCCC)CCCCCCCC)OC(=O)CCCN(C)C. The number of hydrogen-bond acceptors (Lipinski definition) is 11. The fourth-order valence-electron chi connectivity index (χ4n) is 6.64. The van der Waals surface area contributed by atoms with Crippen LogP contribution in [0.4, 0.5) is 0 Å². The summed E-state index contributed by atoms with van der Waals surface area (Å²) in [6.07, 6.45) is 27.0. The van der Waals surface area contributed by atoms with E-state index in [9.17, 15) is 24.0 Å². The highest BCUT2D eigenvalue weighted by Gasteiger charge is 2.20. The van der Waals surface area contributed by atoms with E-state index >= 15 is 0 Å². The van der Waals surface area contributed by atoms with E-state index in [0.717, 1.165) is 44.9 Å². The number of ether oxygens (including phenoxy) is 5. The number of rotatable bonds is 42. The molecule has 11 heteroatoms. The summed E-state index contributed by atoms with van der Waals surface area (Å²) < 4.78 is 27.5. The van der Waals surface area contributed by atoms with Crippen LogP contribution in [0, 0.1) is 0 Å². The van der Waals surface area contributed by atoms with Crippen molar-refractivity contribution in [3.05, 3.63) is 0 Å². The molecule has 1 unspecified atom stereocenters. The molecule has 1 atom stereocenters. The van der Waals surface area contributed by atoms with Crippen molar-refractivity contribution < 1.29 is 47.7 Å². The molecular weight excluding hydrogens is 739 g/mol. The maximum absolute atomic E-state index is 12.7. The average molecular weight is 826 g/mol. The van der Waals surface area contributed by atoms with Crippen molar-refractivity contribution in [3.8, 4) is 0 Å². The van der Waals surface area contributed by atoms with Crippen LogP contribution in [-0.2, 0) is 47.7 Å². The average Bonchev–Trinajstić information content (AvgIpc) is 3.19. The van der Waals surface area contributed by atoms with Crippen LogP contribution in [0.5, 0.6) is 0 Å². The molecule has 0 N–H and O–H groups in total. The first-order chi connectivity index (χ1) is 28.1. The van der Waals surface area contributed by atoms with Gasteiger partial charge in [0.15, 0.2) is 6.10 Å². The molecule has 0 aliphatic carbocycles. The largest absolute Gasteiger partial charge is 0.466 e. The van der Waals surface area contributed by atoms with Gasteiger partial charge in [-0.1, -0.05) is 130 Å². The second-order valence-corrected chi connectivity index (χ2v) is 16.4. The normalized spacial score (nSPS) is 11.8. The van der Waals surface area contributed by atoms with Crippen LogP contribution in [0.1, 0.15) is 220 Å². The molecule has 0 fully saturated rings. The van der Waals surface area contributed by atoms with Crippen molar-refractivity contribution in [2.75, 3.05) is 40.5 Å². The molecule has 0 saturated carbocycles. The highest BCUT2D eigenvalue weighted by Crippen LogP contribution is 2.18. The van der Waals surface area contributed by atoms with Gasteiger partial charge < -0.3 is 28.6 Å². The van der Waals surface area contributed by atoms with E-state index in [-0.39, 0.29) is 63.4 Å². The monoisotopic (exact) mass is 826 g/mol. The summed E-state index contributed by atoms with van der Waals surface area (Å²) >= 11 is 0. The molecule has 0 rings (SSSR count). The highest BCUT2D eigenvalue weighted by atomic mass is 16.6. The Hall–Kier alpha value is -2.69. The van der Waals surface area contributed by atoms with E-state index in [4.69, 9.17) is 23.7 Å². The zero-order valence-corrected chi connectivity index (χ0v) is 37.9. The van der Waals surface area contributed by atoms with Crippen molar-refractivity contribution in [2.45, 2.75) is 232 Å². The minimum atomic E-state index is -0.943. The van der Waals surface area contributed by atoms with Crippen molar-refractivity contribution in [2.24, 2.45) is 0 Å². The van der Waals surface area contributed by atoms with Crippen LogP contribution in [-0.4, -0.2) is 87.4 Å². The lowest BCUT2D eigenvalue weighted by molar-refractivity contribution is -0.167. The van der Waals surface area contributed by atoms with Gasteiger partial charge in [0.1, 0.15) is 19.3 Å². The second kappa shape index (κ2) is 41.1. The van der Waals surface area contributed by atoms with Gasteiger partial charge in [-0.25, -0.2) is 0 Å². The summed E-state index contributed by atoms with van der Waals surface area (Å²) in [4.78, 5) is 64.3. The first-order valence-corrected chi connectivity index (χ1v) is 23.6. The minimum absolute atomic E-state index is 0.0118. The van der Waals surface area contributed by atoms with Crippen LogP contribution in [0.25, 0.3) is 0 Å². The third kappa shape index (κ3) is 38.8. The van der Waals surface area contributed by atoms with Gasteiger partial charge in [0, 0.05) is 32.1 Å². The maximum atomic E-state index is 12.7. The van der Waals surface area contributed by atoms with Crippen molar-refractivity contribution in [1.29, 1.82) is 0 Å². The Balaban J connectivity index is 4.60. The number of nitrogens with zero attached hydrogens (tertiary/aromatic N) is 1. The van der Waals surface area contributed by atoms with Crippen molar-refractivity contribution in [1.82, 2.24) is 4.90 Å². The predicted octanol–water partition coefficient (Wildman–Crippen LogP) is 11.2. The molecule has 0 spiro atoms. The van der Waals surface area contributed by atoms with Crippen LogP contribution in [0.15, 0.2) is 0 Å². The van der Waals surface area contributed by atoms with E-state index in [2.05, 4.69) is 20.8 Å². The maximum Gasteiger partial charge on any atom is 0.306 e. The first kappa shape index (κ1) is 55.3. The third-order valence-electron chi connectivity index (χ3n) is 10.2. The summed E-state index contributed by atoms with van der Waals surface area (Å²) in [5.41, 5.74) is 0. The summed E-state index contributed by atoms with van der Waals surface area (Å²) in [6, 6.07) is 0. The molecule has 0 aliphatic rings. The highest BCUT2D eigenvalue weighted by molar-refractivity contribution is 5.73. The lowest BCUT2D eigenvalue weighted by atomic mass is 10.0. The Labute approximate surface area is 354 Å². The Morgan fingerprint density at radius 2 is 0.741 bits per heavy atom. The van der Waals surface area contributed by atoms with Crippen LogP contribution < -0.4 is 0 Å². The van der Waals surface area contributed by atoms with Gasteiger partial charge >= 0.3 is 29.8 Å². The number of hydrogen-bond donors (Lipinski definition) is 0. The predicted molar refractivity (Wildman–Crippen MR) is 231 cm³/mol. The number of carbonyl (C=O) groups excluding carboxylic acids is 5. The molecule has 0 aromatic rings. The molecule has 0 bridgehead atoms. The molecule has 0 amide bonds. The Morgan fingerprint density at radius 1 is 0.379 bits per heavy atom. The number of unbranched alkanes of at least 4 members (excludes halogenated alkanes) is 18. The summed E-state index contributed by atoms with van der Waals surface area (Å²) in [6.45, 7) is 7.25. The van der Waals surface area contributed by atoms with Crippen LogP contribution in [0.2, 0.25) is 0 Å². The molecule has 0 aliphatic heterocycles. The number of esters is 5. The topological polar surface area (TPSA) is 135 Å². The van der Waals surface area contributed by atoms with Crippen LogP contribution in [0.3, 0.4) is 0 Å². The lowest BCUT2D eigenvalue weighted by Crippen LogP contribution is -2.31. The van der Waals surface area contributed by atoms with Gasteiger partial charge in [0.25, 0.3) is 0 Å². The molecule has 0 aromatic carbocycles.